The Kier molecular flexibility index (Phi) is 6.98. The molecule has 0 aromatic carbocycles. The Hall–Kier alpha value is -1.12. The summed E-state index contributed by atoms with van der Waals surface area (Å²) in [6.07, 6.45) is 17.5. The topological polar surface area (TPSA) is 34.9 Å². The van der Waals surface area contributed by atoms with Crippen LogP contribution in [-0.4, -0.2) is 16.1 Å². The molecule has 0 fully saturated rings. The molecule has 1 aromatic rings. The fraction of sp³-hybridized carbons (Fsp3) is 0.778. The van der Waals surface area contributed by atoms with Crippen LogP contribution in [0.2, 0.25) is 0 Å². The van der Waals surface area contributed by atoms with E-state index in [1.807, 2.05) is 0 Å². The SMILES string of the molecule is CCCCC(CCCCCC=O)n1cc2c(n1)CCCC2. The van der Waals surface area contributed by atoms with Crippen LogP contribution in [0.1, 0.15) is 88.4 Å². The molecule has 1 aromatic heterocycles. The van der Waals surface area contributed by atoms with Crippen LogP contribution in [0.4, 0.5) is 0 Å². The average molecular weight is 290 g/mol. The van der Waals surface area contributed by atoms with Gasteiger partial charge in [0, 0.05) is 12.6 Å². The lowest BCUT2D eigenvalue weighted by Gasteiger charge is -2.17. The zero-order valence-corrected chi connectivity index (χ0v) is 13.5. The fourth-order valence-electron chi connectivity index (χ4n) is 3.31. The lowest BCUT2D eigenvalue weighted by molar-refractivity contribution is -0.107. The fourth-order valence-corrected chi connectivity index (χ4v) is 3.31. The van der Waals surface area contributed by atoms with Crippen LogP contribution in [0.15, 0.2) is 6.20 Å². The highest BCUT2D eigenvalue weighted by atomic mass is 16.1. The maximum atomic E-state index is 10.4. The minimum Gasteiger partial charge on any atom is -0.303 e. The van der Waals surface area contributed by atoms with Crippen molar-refractivity contribution in [2.75, 3.05) is 0 Å². The van der Waals surface area contributed by atoms with E-state index in [4.69, 9.17) is 5.10 Å². The predicted molar refractivity (Wildman–Crippen MR) is 86.6 cm³/mol. The summed E-state index contributed by atoms with van der Waals surface area (Å²) in [5.74, 6) is 0. The van der Waals surface area contributed by atoms with Crippen LogP contribution in [0.5, 0.6) is 0 Å². The number of aldehydes is 1. The maximum Gasteiger partial charge on any atom is 0.119 e. The number of nitrogens with zero attached hydrogens (tertiary/aromatic N) is 2. The first-order chi connectivity index (χ1) is 10.3. The number of carbonyl (C=O) groups is 1. The molecule has 2 rings (SSSR count). The lowest BCUT2D eigenvalue weighted by Crippen LogP contribution is -2.10. The number of hydrogen-bond acceptors (Lipinski definition) is 2. The normalized spacial score (nSPS) is 15.7. The van der Waals surface area contributed by atoms with Gasteiger partial charge >= 0.3 is 0 Å². The van der Waals surface area contributed by atoms with Gasteiger partial charge in [-0.25, -0.2) is 0 Å². The van der Waals surface area contributed by atoms with Crippen LogP contribution in [-0.2, 0) is 17.6 Å². The first kappa shape index (κ1) is 16.3. The Balaban J connectivity index is 1.91. The van der Waals surface area contributed by atoms with Crippen molar-refractivity contribution in [2.45, 2.75) is 90.0 Å². The van der Waals surface area contributed by atoms with Gasteiger partial charge in [0.15, 0.2) is 0 Å². The van der Waals surface area contributed by atoms with Crippen LogP contribution >= 0.6 is 0 Å². The summed E-state index contributed by atoms with van der Waals surface area (Å²) in [4.78, 5) is 10.4. The molecule has 0 saturated heterocycles. The molecule has 1 unspecified atom stereocenters. The summed E-state index contributed by atoms with van der Waals surface area (Å²) in [5.41, 5.74) is 2.84. The standard InChI is InChI=1S/C18H30N2O/c1-2-3-11-17(12-6-4-5-9-14-21)20-15-16-10-7-8-13-18(16)19-20/h14-15,17H,2-13H2,1H3. The molecule has 0 N–H and O–H groups in total. The molecule has 1 aliphatic carbocycles. The van der Waals surface area contributed by atoms with Crippen LogP contribution in [0.3, 0.4) is 0 Å². The molecular weight excluding hydrogens is 260 g/mol. The van der Waals surface area contributed by atoms with E-state index in [1.165, 1.54) is 75.5 Å². The van der Waals surface area contributed by atoms with Gasteiger partial charge in [0.05, 0.1) is 11.7 Å². The van der Waals surface area contributed by atoms with E-state index in [-0.39, 0.29) is 0 Å². The van der Waals surface area contributed by atoms with Gasteiger partial charge in [-0.15, -0.1) is 0 Å². The number of aromatic nitrogens is 2. The predicted octanol–water partition coefficient (Wildman–Crippen LogP) is 4.64. The number of unbranched alkanes of at least 4 members (excludes halogenated alkanes) is 4. The first-order valence-corrected chi connectivity index (χ1v) is 8.85. The molecule has 118 valence electrons. The van der Waals surface area contributed by atoms with Gasteiger partial charge in [0.25, 0.3) is 0 Å². The van der Waals surface area contributed by atoms with Gasteiger partial charge in [-0.05, 0) is 50.5 Å². The molecule has 21 heavy (non-hydrogen) atoms. The Labute approximate surface area is 129 Å². The molecule has 0 aliphatic heterocycles. The van der Waals surface area contributed by atoms with E-state index in [9.17, 15) is 4.79 Å². The van der Waals surface area contributed by atoms with Crippen molar-refractivity contribution < 1.29 is 4.79 Å². The van der Waals surface area contributed by atoms with Crippen LogP contribution in [0.25, 0.3) is 0 Å². The van der Waals surface area contributed by atoms with E-state index in [0.29, 0.717) is 6.04 Å². The van der Waals surface area contributed by atoms with E-state index in [1.54, 1.807) is 0 Å². The monoisotopic (exact) mass is 290 g/mol. The molecule has 1 heterocycles. The van der Waals surface area contributed by atoms with Gasteiger partial charge in [0.1, 0.15) is 6.29 Å². The molecule has 0 saturated carbocycles. The molecule has 1 atom stereocenters. The highest BCUT2D eigenvalue weighted by Gasteiger charge is 2.17. The quantitative estimate of drug-likeness (QED) is 0.464. The maximum absolute atomic E-state index is 10.4. The van der Waals surface area contributed by atoms with Gasteiger partial charge < -0.3 is 4.79 Å². The van der Waals surface area contributed by atoms with Crippen LogP contribution in [0, 0.1) is 0 Å². The third kappa shape index (κ3) is 4.98. The molecule has 0 bridgehead atoms. The number of aryl methyl sites for hydroxylation is 2. The van der Waals surface area contributed by atoms with Gasteiger partial charge in [-0.2, -0.15) is 5.10 Å². The van der Waals surface area contributed by atoms with Gasteiger partial charge in [0.2, 0.25) is 0 Å². The summed E-state index contributed by atoms with van der Waals surface area (Å²) < 4.78 is 2.27. The molecule has 1 aliphatic rings. The summed E-state index contributed by atoms with van der Waals surface area (Å²) in [7, 11) is 0. The number of hydrogen-bond donors (Lipinski definition) is 0. The van der Waals surface area contributed by atoms with Crippen molar-refractivity contribution in [2.24, 2.45) is 0 Å². The molecule has 0 radical (unpaired) electrons. The molecule has 0 spiro atoms. The Morgan fingerprint density at radius 3 is 2.76 bits per heavy atom. The molecular formula is C18H30N2O. The first-order valence-electron chi connectivity index (χ1n) is 8.85. The summed E-state index contributed by atoms with van der Waals surface area (Å²) in [5, 5.41) is 4.88. The van der Waals surface area contributed by atoms with Crippen molar-refractivity contribution in [1.82, 2.24) is 9.78 Å². The Morgan fingerprint density at radius 1 is 1.19 bits per heavy atom. The Morgan fingerprint density at radius 2 is 2.00 bits per heavy atom. The van der Waals surface area contributed by atoms with Crippen LogP contribution < -0.4 is 0 Å². The van der Waals surface area contributed by atoms with E-state index >= 15 is 0 Å². The Bertz CT molecular complexity index is 401. The number of carbonyl (C=O) groups excluding carboxylic acids is 1. The number of rotatable bonds is 10. The second-order valence-electron chi connectivity index (χ2n) is 6.39. The third-order valence-corrected chi connectivity index (χ3v) is 4.63. The molecule has 3 heteroatoms. The van der Waals surface area contributed by atoms with Crippen molar-refractivity contribution in [3.63, 3.8) is 0 Å². The average Bonchev–Trinajstić information content (AvgIpc) is 2.93. The van der Waals surface area contributed by atoms with Crippen molar-refractivity contribution >= 4 is 6.29 Å². The summed E-state index contributed by atoms with van der Waals surface area (Å²) in [6.45, 7) is 2.26. The minimum absolute atomic E-state index is 0.562. The summed E-state index contributed by atoms with van der Waals surface area (Å²) in [6, 6.07) is 0.562. The molecule has 3 nitrogen and oxygen atoms in total. The van der Waals surface area contributed by atoms with Gasteiger partial charge in [-0.3, -0.25) is 4.68 Å². The zero-order chi connectivity index (χ0) is 14.9. The zero-order valence-electron chi connectivity index (χ0n) is 13.5. The van der Waals surface area contributed by atoms with Crippen molar-refractivity contribution in [1.29, 1.82) is 0 Å². The second-order valence-corrected chi connectivity index (χ2v) is 6.39. The van der Waals surface area contributed by atoms with E-state index in [2.05, 4.69) is 17.8 Å². The highest BCUT2D eigenvalue weighted by Crippen LogP contribution is 2.26. The van der Waals surface area contributed by atoms with Crippen molar-refractivity contribution in [3.05, 3.63) is 17.5 Å². The largest absolute Gasteiger partial charge is 0.303 e. The smallest absolute Gasteiger partial charge is 0.119 e. The number of fused-ring (bicyclic) bond motifs is 1. The van der Waals surface area contributed by atoms with E-state index < -0.39 is 0 Å². The highest BCUT2D eigenvalue weighted by molar-refractivity contribution is 5.48. The summed E-state index contributed by atoms with van der Waals surface area (Å²) >= 11 is 0. The minimum atomic E-state index is 0.562. The second kappa shape index (κ2) is 9.01. The third-order valence-electron chi connectivity index (χ3n) is 4.63. The lowest BCUT2D eigenvalue weighted by atomic mass is 9.98. The van der Waals surface area contributed by atoms with E-state index in [0.717, 1.165) is 19.1 Å². The molecule has 0 amide bonds. The van der Waals surface area contributed by atoms with Crippen molar-refractivity contribution in [3.8, 4) is 0 Å². The van der Waals surface area contributed by atoms with Gasteiger partial charge in [-0.1, -0.05) is 32.6 Å².